The van der Waals surface area contributed by atoms with Gasteiger partial charge in [-0.2, -0.15) is 0 Å². The Morgan fingerprint density at radius 3 is 2.44 bits per heavy atom. The molecule has 0 saturated carbocycles. The fourth-order valence-electron chi connectivity index (χ4n) is 1.71. The van der Waals surface area contributed by atoms with E-state index < -0.39 is 36.0 Å². The molecule has 1 fully saturated rings. The first-order chi connectivity index (χ1) is 8.40. The van der Waals surface area contributed by atoms with Gasteiger partial charge >= 0.3 is 11.9 Å². The van der Waals surface area contributed by atoms with E-state index in [0.717, 1.165) is 0 Å². The van der Waals surface area contributed by atoms with Crippen molar-refractivity contribution in [3.63, 3.8) is 0 Å². The number of nitrogens with one attached hydrogen (secondary N) is 2. The molecule has 3 atom stereocenters. The van der Waals surface area contributed by atoms with Crippen molar-refractivity contribution in [1.29, 1.82) is 0 Å². The van der Waals surface area contributed by atoms with Gasteiger partial charge in [-0.25, -0.2) is 4.79 Å². The molecule has 8 heteroatoms. The van der Waals surface area contributed by atoms with Crippen LogP contribution in [0, 0.1) is 0 Å². The van der Waals surface area contributed by atoms with E-state index in [9.17, 15) is 19.5 Å². The van der Waals surface area contributed by atoms with Crippen molar-refractivity contribution in [2.45, 2.75) is 37.5 Å². The van der Waals surface area contributed by atoms with Crippen LogP contribution in [0.2, 0.25) is 0 Å². The van der Waals surface area contributed by atoms with E-state index in [2.05, 4.69) is 10.6 Å². The average Bonchev–Trinajstić information content (AvgIpc) is 2.70. The van der Waals surface area contributed by atoms with Crippen molar-refractivity contribution in [2.24, 2.45) is 0 Å². The molecule has 0 aliphatic carbocycles. The van der Waals surface area contributed by atoms with Gasteiger partial charge in [0.2, 0.25) is 5.91 Å². The van der Waals surface area contributed by atoms with Crippen molar-refractivity contribution >= 4 is 17.8 Å². The minimum Gasteiger partial charge on any atom is -0.481 e. The van der Waals surface area contributed by atoms with Gasteiger partial charge in [0.05, 0.1) is 12.1 Å². The summed E-state index contributed by atoms with van der Waals surface area (Å²) in [5.74, 6) is -2.93. The fraction of sp³-hybridized carbons (Fsp3) is 0.700. The first-order valence-electron chi connectivity index (χ1n) is 5.56. The topological polar surface area (TPSA) is 136 Å². The highest BCUT2D eigenvalue weighted by atomic mass is 16.4. The molecule has 1 aliphatic rings. The van der Waals surface area contributed by atoms with Crippen molar-refractivity contribution in [2.75, 3.05) is 6.54 Å². The van der Waals surface area contributed by atoms with Crippen LogP contribution in [-0.4, -0.2) is 57.9 Å². The molecule has 0 bridgehead atoms. The van der Waals surface area contributed by atoms with Gasteiger partial charge in [-0.1, -0.05) is 0 Å². The molecule has 0 radical (unpaired) electrons. The van der Waals surface area contributed by atoms with Gasteiger partial charge in [0, 0.05) is 13.0 Å². The Bertz CT molecular complexity index is 345. The summed E-state index contributed by atoms with van der Waals surface area (Å²) in [6.07, 6.45) is -0.913. The normalized spacial score (nSPS) is 24.5. The molecular weight excluding hydrogens is 244 g/mol. The van der Waals surface area contributed by atoms with Crippen LogP contribution in [0.3, 0.4) is 0 Å². The Morgan fingerprint density at radius 2 is 2.00 bits per heavy atom. The van der Waals surface area contributed by atoms with Crippen LogP contribution in [0.25, 0.3) is 0 Å². The molecule has 102 valence electrons. The van der Waals surface area contributed by atoms with Crippen molar-refractivity contribution in [3.8, 4) is 0 Å². The Hall–Kier alpha value is -1.67. The first-order valence-corrected chi connectivity index (χ1v) is 5.56. The lowest BCUT2D eigenvalue weighted by molar-refractivity contribution is -0.143. The number of carbonyl (C=O) groups excluding carboxylic acids is 1. The van der Waals surface area contributed by atoms with Crippen LogP contribution in [0.4, 0.5) is 0 Å². The van der Waals surface area contributed by atoms with E-state index in [0.29, 0.717) is 0 Å². The molecule has 1 heterocycles. The second-order valence-corrected chi connectivity index (χ2v) is 4.18. The van der Waals surface area contributed by atoms with Gasteiger partial charge in [-0.05, 0) is 12.8 Å². The lowest BCUT2D eigenvalue weighted by atomic mass is 10.1. The zero-order valence-electron chi connectivity index (χ0n) is 9.63. The highest BCUT2D eigenvalue weighted by Gasteiger charge is 2.30. The molecule has 5 N–H and O–H groups in total. The van der Waals surface area contributed by atoms with E-state index in [4.69, 9.17) is 10.2 Å². The van der Waals surface area contributed by atoms with E-state index >= 15 is 0 Å². The number of hydrogen-bond acceptors (Lipinski definition) is 5. The van der Waals surface area contributed by atoms with Gasteiger partial charge < -0.3 is 26.0 Å². The Balaban J connectivity index is 2.47. The van der Waals surface area contributed by atoms with Crippen molar-refractivity contribution < 1.29 is 29.7 Å². The van der Waals surface area contributed by atoms with Gasteiger partial charge in [-0.15, -0.1) is 0 Å². The maximum absolute atomic E-state index is 11.7. The quantitative estimate of drug-likeness (QED) is 0.378. The van der Waals surface area contributed by atoms with Crippen LogP contribution in [-0.2, 0) is 14.4 Å². The average molecular weight is 260 g/mol. The summed E-state index contributed by atoms with van der Waals surface area (Å²) in [7, 11) is 0. The summed E-state index contributed by atoms with van der Waals surface area (Å²) in [6, 6.07) is -1.86. The molecule has 8 nitrogen and oxygen atoms in total. The molecule has 1 amide bonds. The summed E-state index contributed by atoms with van der Waals surface area (Å²) in [6.45, 7) is 0.283. The highest BCUT2D eigenvalue weighted by molar-refractivity contribution is 5.87. The number of rotatable bonds is 6. The number of β-amino-alcohol motifs (C(OH)–C–C–N with tert-alkyl or cyclic N) is 1. The molecule has 1 saturated heterocycles. The van der Waals surface area contributed by atoms with E-state index in [1.54, 1.807) is 0 Å². The van der Waals surface area contributed by atoms with Gasteiger partial charge in [0.25, 0.3) is 0 Å². The molecule has 0 aromatic heterocycles. The van der Waals surface area contributed by atoms with Crippen LogP contribution in [0.15, 0.2) is 0 Å². The highest BCUT2D eigenvalue weighted by Crippen LogP contribution is 2.07. The molecular formula is C10H16N2O6. The third-order valence-corrected chi connectivity index (χ3v) is 2.69. The second kappa shape index (κ2) is 6.31. The van der Waals surface area contributed by atoms with Gasteiger partial charge in [-0.3, -0.25) is 9.59 Å². The van der Waals surface area contributed by atoms with Crippen molar-refractivity contribution in [1.82, 2.24) is 10.6 Å². The maximum Gasteiger partial charge on any atom is 0.326 e. The molecule has 0 aromatic rings. The van der Waals surface area contributed by atoms with E-state index in [1.807, 2.05) is 0 Å². The van der Waals surface area contributed by atoms with Crippen molar-refractivity contribution in [3.05, 3.63) is 0 Å². The minimum absolute atomic E-state index is 0.175. The Morgan fingerprint density at radius 1 is 1.33 bits per heavy atom. The molecule has 18 heavy (non-hydrogen) atoms. The molecule has 0 spiro atoms. The largest absolute Gasteiger partial charge is 0.481 e. The SMILES string of the molecule is O=C(O)CCC(NC(=O)C1CC(O)CN1)C(=O)O. The van der Waals surface area contributed by atoms with Gasteiger partial charge in [0.15, 0.2) is 0 Å². The predicted molar refractivity (Wildman–Crippen MR) is 58.9 cm³/mol. The number of aliphatic hydroxyl groups is 1. The second-order valence-electron chi connectivity index (χ2n) is 4.18. The van der Waals surface area contributed by atoms with E-state index in [-0.39, 0.29) is 25.8 Å². The summed E-state index contributed by atoms with van der Waals surface area (Å²) in [4.78, 5) is 32.9. The predicted octanol–water partition coefficient (Wildman–Crippen LogP) is -1.86. The summed E-state index contributed by atoms with van der Waals surface area (Å²) < 4.78 is 0. The van der Waals surface area contributed by atoms with Crippen LogP contribution in [0.1, 0.15) is 19.3 Å². The number of carbonyl (C=O) groups is 3. The lowest BCUT2D eigenvalue weighted by Gasteiger charge is -2.16. The zero-order valence-corrected chi connectivity index (χ0v) is 9.63. The molecule has 1 aliphatic heterocycles. The lowest BCUT2D eigenvalue weighted by Crippen LogP contribution is -2.48. The summed E-state index contributed by atoms with van der Waals surface area (Å²) in [5.41, 5.74) is 0. The molecule has 1 rings (SSSR count). The third-order valence-electron chi connectivity index (χ3n) is 2.69. The van der Waals surface area contributed by atoms with Crippen LogP contribution in [0.5, 0.6) is 0 Å². The Kier molecular flexibility index (Phi) is 5.05. The molecule has 0 aromatic carbocycles. The standard InChI is InChI=1S/C10H16N2O6/c13-5-3-7(11-4-5)9(16)12-6(10(17)18)1-2-8(14)15/h5-7,11,13H,1-4H2,(H,12,16)(H,14,15)(H,17,18). The van der Waals surface area contributed by atoms with Crippen LogP contribution < -0.4 is 10.6 Å². The first kappa shape index (κ1) is 14.4. The fourth-order valence-corrected chi connectivity index (χ4v) is 1.71. The minimum atomic E-state index is -1.27. The monoisotopic (exact) mass is 260 g/mol. The number of aliphatic hydroxyl groups excluding tert-OH is 1. The number of aliphatic carboxylic acids is 2. The Labute approximate surface area is 103 Å². The van der Waals surface area contributed by atoms with E-state index in [1.165, 1.54) is 0 Å². The number of carboxylic acids is 2. The summed E-state index contributed by atoms with van der Waals surface area (Å²) >= 11 is 0. The molecule has 3 unspecified atom stereocenters. The smallest absolute Gasteiger partial charge is 0.326 e. The summed E-state index contributed by atoms with van der Waals surface area (Å²) in [5, 5.41) is 31.6. The zero-order chi connectivity index (χ0) is 13.7. The number of amides is 1. The third kappa shape index (κ3) is 4.30. The number of carboxylic acid groups (broad SMARTS) is 2. The van der Waals surface area contributed by atoms with Crippen LogP contribution >= 0.6 is 0 Å². The van der Waals surface area contributed by atoms with Gasteiger partial charge in [0.1, 0.15) is 6.04 Å². The maximum atomic E-state index is 11.7. The number of hydrogen-bond donors (Lipinski definition) is 5.